The van der Waals surface area contributed by atoms with E-state index in [0.29, 0.717) is 17.5 Å². The number of carbonyl (C=O) groups excluding carboxylic acids is 2. The lowest BCUT2D eigenvalue weighted by Gasteiger charge is -2.19. The standard InChI is InChI=1S/C25H22F3NO3S/c1-14-20(13-16-3-7-19(8-4-16)25(26,27)28)21(15(2)33-14)22(30)29-24(11-12-24)18-9-5-17(6-10-18)23(31)32/h3-10H,11-13H2,1-2H3,(H,29,30)(H,31,32)/p-1. The van der Waals surface area contributed by atoms with Crippen molar-refractivity contribution < 1.29 is 27.9 Å². The van der Waals surface area contributed by atoms with Crippen molar-refractivity contribution in [1.82, 2.24) is 5.32 Å². The first-order valence-electron chi connectivity index (χ1n) is 10.4. The average Bonchev–Trinajstić information content (AvgIpc) is 3.47. The van der Waals surface area contributed by atoms with Crippen molar-refractivity contribution >= 4 is 23.2 Å². The van der Waals surface area contributed by atoms with E-state index in [9.17, 15) is 27.9 Å². The zero-order valence-electron chi connectivity index (χ0n) is 18.0. The van der Waals surface area contributed by atoms with E-state index < -0.39 is 23.2 Å². The summed E-state index contributed by atoms with van der Waals surface area (Å²) in [5.74, 6) is -1.49. The van der Waals surface area contributed by atoms with E-state index in [4.69, 9.17) is 0 Å². The molecule has 1 aromatic heterocycles. The van der Waals surface area contributed by atoms with Crippen LogP contribution in [0.25, 0.3) is 0 Å². The topological polar surface area (TPSA) is 69.2 Å². The Kier molecular flexibility index (Phi) is 5.82. The van der Waals surface area contributed by atoms with Crippen LogP contribution in [0.2, 0.25) is 0 Å². The number of carboxylic acid groups (broad SMARTS) is 1. The third-order valence-electron chi connectivity index (χ3n) is 6.05. The molecule has 0 spiro atoms. The zero-order valence-corrected chi connectivity index (χ0v) is 18.8. The molecule has 1 aliphatic carbocycles. The summed E-state index contributed by atoms with van der Waals surface area (Å²) in [7, 11) is 0. The maximum absolute atomic E-state index is 13.3. The number of carboxylic acids is 1. The van der Waals surface area contributed by atoms with E-state index in [1.54, 1.807) is 12.1 Å². The number of thiophene rings is 1. The lowest BCUT2D eigenvalue weighted by atomic mass is 9.97. The molecule has 2 aromatic carbocycles. The van der Waals surface area contributed by atoms with Crippen LogP contribution in [0, 0.1) is 13.8 Å². The molecule has 0 aliphatic heterocycles. The first-order chi connectivity index (χ1) is 15.5. The highest BCUT2D eigenvalue weighted by Gasteiger charge is 2.46. The largest absolute Gasteiger partial charge is 0.545 e. The highest BCUT2D eigenvalue weighted by Crippen LogP contribution is 2.46. The smallest absolute Gasteiger partial charge is 0.416 e. The second kappa shape index (κ2) is 8.33. The number of carbonyl (C=O) groups is 2. The molecule has 1 fully saturated rings. The van der Waals surface area contributed by atoms with E-state index in [-0.39, 0.29) is 11.5 Å². The molecular weight excluding hydrogens is 451 g/mol. The van der Waals surface area contributed by atoms with Crippen molar-refractivity contribution in [1.29, 1.82) is 0 Å². The molecule has 0 bridgehead atoms. The summed E-state index contributed by atoms with van der Waals surface area (Å²) in [6.45, 7) is 3.76. The number of rotatable bonds is 6. The predicted molar refractivity (Wildman–Crippen MR) is 117 cm³/mol. The van der Waals surface area contributed by atoms with Gasteiger partial charge in [-0.1, -0.05) is 36.4 Å². The summed E-state index contributed by atoms with van der Waals surface area (Å²) < 4.78 is 38.6. The van der Waals surface area contributed by atoms with Gasteiger partial charge in [-0.05, 0) is 67.5 Å². The van der Waals surface area contributed by atoms with Crippen LogP contribution in [0.3, 0.4) is 0 Å². The number of halogens is 3. The molecule has 8 heteroatoms. The summed E-state index contributed by atoms with van der Waals surface area (Å²) >= 11 is 1.49. The maximum atomic E-state index is 13.3. The summed E-state index contributed by atoms with van der Waals surface area (Å²) in [6.07, 6.45) is -2.57. The SMILES string of the molecule is Cc1sc(C)c(C(=O)NC2(c3ccc(C(=O)[O-])cc3)CC2)c1Cc1ccc(C(F)(F)F)cc1. The number of aryl methyl sites for hydroxylation is 2. The van der Waals surface area contributed by atoms with Crippen LogP contribution in [0.4, 0.5) is 13.2 Å². The van der Waals surface area contributed by atoms with Crippen LogP contribution in [-0.4, -0.2) is 11.9 Å². The number of hydrogen-bond donors (Lipinski definition) is 1. The van der Waals surface area contributed by atoms with Crippen LogP contribution >= 0.6 is 11.3 Å². The van der Waals surface area contributed by atoms with Gasteiger partial charge in [-0.3, -0.25) is 4.79 Å². The average molecular weight is 473 g/mol. The minimum atomic E-state index is -4.39. The first kappa shape index (κ1) is 23.0. The molecular formula is C25H21F3NO3S-. The minimum Gasteiger partial charge on any atom is -0.545 e. The Bertz CT molecular complexity index is 1210. The van der Waals surface area contributed by atoms with E-state index in [1.165, 1.54) is 35.6 Å². The number of amides is 1. The molecule has 1 amide bonds. The molecule has 172 valence electrons. The van der Waals surface area contributed by atoms with E-state index in [0.717, 1.165) is 45.9 Å². The molecule has 33 heavy (non-hydrogen) atoms. The molecule has 1 heterocycles. The van der Waals surface area contributed by atoms with Crippen LogP contribution in [0.15, 0.2) is 48.5 Å². The Morgan fingerprint density at radius 3 is 2.12 bits per heavy atom. The Hall–Kier alpha value is -3.13. The second-order valence-electron chi connectivity index (χ2n) is 8.34. The van der Waals surface area contributed by atoms with Crippen molar-refractivity contribution in [3.63, 3.8) is 0 Å². The predicted octanol–water partition coefficient (Wildman–Crippen LogP) is 4.76. The van der Waals surface area contributed by atoms with Gasteiger partial charge in [-0.25, -0.2) is 0 Å². The molecule has 3 aromatic rings. The molecule has 1 N–H and O–H groups in total. The van der Waals surface area contributed by atoms with E-state index in [1.807, 2.05) is 13.8 Å². The van der Waals surface area contributed by atoms with Crippen LogP contribution in [0.1, 0.15) is 65.6 Å². The van der Waals surface area contributed by atoms with E-state index >= 15 is 0 Å². The number of nitrogens with one attached hydrogen (secondary N) is 1. The quantitative estimate of drug-likeness (QED) is 0.563. The lowest BCUT2D eigenvalue weighted by molar-refractivity contribution is -0.255. The molecule has 0 unspecified atom stereocenters. The number of benzene rings is 2. The van der Waals surface area contributed by atoms with Gasteiger partial charge in [-0.15, -0.1) is 11.3 Å². The van der Waals surface area contributed by atoms with Gasteiger partial charge in [0.1, 0.15) is 0 Å². The Labute approximate surface area is 193 Å². The van der Waals surface area contributed by atoms with Crippen molar-refractivity contribution in [3.05, 3.63) is 91.7 Å². The summed E-state index contributed by atoms with van der Waals surface area (Å²) in [4.78, 5) is 26.1. The van der Waals surface area contributed by atoms with Gasteiger partial charge in [0.15, 0.2) is 0 Å². The van der Waals surface area contributed by atoms with Crippen molar-refractivity contribution in [3.8, 4) is 0 Å². The fourth-order valence-electron chi connectivity index (χ4n) is 4.07. The Morgan fingerprint density at radius 1 is 1.00 bits per heavy atom. The lowest BCUT2D eigenvalue weighted by Crippen LogP contribution is -2.35. The minimum absolute atomic E-state index is 0.0732. The van der Waals surface area contributed by atoms with Gasteiger partial charge in [0.2, 0.25) is 0 Å². The second-order valence-corrected chi connectivity index (χ2v) is 9.77. The number of aromatic carboxylic acids is 1. The van der Waals surface area contributed by atoms with Gasteiger partial charge < -0.3 is 15.2 Å². The molecule has 4 nitrogen and oxygen atoms in total. The van der Waals surface area contributed by atoms with Crippen LogP contribution < -0.4 is 10.4 Å². The highest BCUT2D eigenvalue weighted by molar-refractivity contribution is 7.12. The van der Waals surface area contributed by atoms with Gasteiger partial charge in [0.25, 0.3) is 5.91 Å². The van der Waals surface area contributed by atoms with E-state index in [2.05, 4.69) is 5.32 Å². The fourth-order valence-corrected chi connectivity index (χ4v) is 5.15. The third kappa shape index (κ3) is 4.66. The van der Waals surface area contributed by atoms with Crippen molar-refractivity contribution in [2.75, 3.05) is 0 Å². The number of hydrogen-bond acceptors (Lipinski definition) is 4. The Morgan fingerprint density at radius 2 is 1.61 bits per heavy atom. The van der Waals surface area contributed by atoms with Crippen LogP contribution in [-0.2, 0) is 18.1 Å². The number of alkyl halides is 3. The molecule has 1 saturated carbocycles. The van der Waals surface area contributed by atoms with Crippen molar-refractivity contribution in [2.24, 2.45) is 0 Å². The molecule has 4 rings (SSSR count). The van der Waals surface area contributed by atoms with Gasteiger partial charge in [0, 0.05) is 9.75 Å². The first-order valence-corrected chi connectivity index (χ1v) is 11.2. The van der Waals surface area contributed by atoms with Gasteiger partial charge in [-0.2, -0.15) is 13.2 Å². The van der Waals surface area contributed by atoms with Crippen molar-refractivity contribution in [2.45, 2.75) is 44.8 Å². The zero-order chi connectivity index (χ0) is 24.0. The third-order valence-corrected chi connectivity index (χ3v) is 7.11. The van der Waals surface area contributed by atoms with Gasteiger partial charge in [0.05, 0.1) is 22.6 Å². The summed E-state index contributed by atoms with van der Waals surface area (Å²) in [5, 5.41) is 14.1. The summed E-state index contributed by atoms with van der Waals surface area (Å²) in [6, 6.07) is 11.3. The molecule has 0 atom stereocenters. The molecule has 0 radical (unpaired) electrons. The van der Waals surface area contributed by atoms with Gasteiger partial charge >= 0.3 is 6.18 Å². The highest BCUT2D eigenvalue weighted by atomic mass is 32.1. The van der Waals surface area contributed by atoms with Crippen LogP contribution in [0.5, 0.6) is 0 Å². The normalized spacial score (nSPS) is 14.7. The maximum Gasteiger partial charge on any atom is 0.416 e. The Balaban J connectivity index is 1.57. The molecule has 0 saturated heterocycles. The molecule has 1 aliphatic rings. The fraction of sp³-hybridized carbons (Fsp3) is 0.280. The summed E-state index contributed by atoms with van der Waals surface area (Å²) in [5.41, 5.74) is 1.70. The monoisotopic (exact) mass is 472 g/mol.